The lowest BCUT2D eigenvalue weighted by atomic mass is 9.76. The summed E-state index contributed by atoms with van der Waals surface area (Å²) in [4.78, 5) is 15.7. The van der Waals surface area contributed by atoms with Crippen molar-refractivity contribution < 1.29 is 9.90 Å². The molecule has 5 rings (SSSR count). The zero-order chi connectivity index (χ0) is 24.9. The van der Waals surface area contributed by atoms with E-state index in [1.807, 2.05) is 45.2 Å². The van der Waals surface area contributed by atoms with Gasteiger partial charge in [-0.2, -0.15) is 0 Å². The first kappa shape index (κ1) is 23.4. The number of likely N-dealkylation sites (N-methyl/N-ethyl adjacent to an activating group) is 1. The third kappa shape index (κ3) is 3.51. The summed E-state index contributed by atoms with van der Waals surface area (Å²) >= 11 is 0. The van der Waals surface area contributed by atoms with E-state index >= 15 is 0 Å². The van der Waals surface area contributed by atoms with Crippen LogP contribution in [0.2, 0.25) is 0 Å². The number of aliphatic hydroxyl groups excluding tert-OH is 1. The van der Waals surface area contributed by atoms with Gasteiger partial charge < -0.3 is 26.8 Å². The summed E-state index contributed by atoms with van der Waals surface area (Å²) in [6, 6.07) is 16.4. The number of Topliss-reactive ketones (excluding diaryl/α,β-unsaturated/α-hetero) is 1. The van der Waals surface area contributed by atoms with Gasteiger partial charge >= 0.3 is 0 Å². The number of benzene rings is 2. The first-order valence-electron chi connectivity index (χ1n) is 12.4. The van der Waals surface area contributed by atoms with E-state index in [4.69, 9.17) is 11.5 Å². The van der Waals surface area contributed by atoms with Crippen LogP contribution in [0.5, 0.6) is 0 Å². The maximum absolute atomic E-state index is 13.5. The number of carbonyl (C=O) groups excluding carboxylic acids is 1. The van der Waals surface area contributed by atoms with Gasteiger partial charge in [0.25, 0.3) is 0 Å². The number of nitrogens with zero attached hydrogens (tertiary/aromatic N) is 1. The van der Waals surface area contributed by atoms with E-state index in [9.17, 15) is 9.90 Å². The van der Waals surface area contributed by atoms with Crippen LogP contribution in [0.4, 0.5) is 11.4 Å². The second kappa shape index (κ2) is 9.02. The zero-order valence-corrected chi connectivity index (χ0v) is 20.6. The highest BCUT2D eigenvalue weighted by molar-refractivity contribution is 6.22. The molecule has 0 spiro atoms. The summed E-state index contributed by atoms with van der Waals surface area (Å²) < 4.78 is 0. The van der Waals surface area contributed by atoms with Crippen molar-refractivity contribution in [3.63, 3.8) is 0 Å². The van der Waals surface area contributed by atoms with Crippen molar-refractivity contribution in [3.8, 4) is 0 Å². The van der Waals surface area contributed by atoms with Crippen molar-refractivity contribution in [1.29, 1.82) is 0 Å². The lowest BCUT2D eigenvalue weighted by Crippen LogP contribution is -2.32. The minimum absolute atomic E-state index is 0.0741. The van der Waals surface area contributed by atoms with Crippen molar-refractivity contribution >= 4 is 17.2 Å². The van der Waals surface area contributed by atoms with Gasteiger partial charge in [0.15, 0.2) is 0 Å². The third-order valence-electron chi connectivity index (χ3n) is 7.92. The number of hydrogen-bond acceptors (Lipinski definition) is 6. The highest BCUT2D eigenvalue weighted by atomic mass is 16.3. The summed E-state index contributed by atoms with van der Waals surface area (Å²) in [5.74, 6) is 0.267. The van der Waals surface area contributed by atoms with Gasteiger partial charge in [-0.05, 0) is 74.2 Å². The number of allylic oxidation sites excluding steroid dienone is 4. The summed E-state index contributed by atoms with van der Waals surface area (Å²) in [6.45, 7) is 4.99. The van der Waals surface area contributed by atoms with Crippen LogP contribution in [0.15, 0.2) is 82.3 Å². The normalized spacial score (nSPS) is 25.8. The summed E-state index contributed by atoms with van der Waals surface area (Å²) in [6.07, 6.45) is 1.58. The largest absolute Gasteiger partial charge is 0.506 e. The fourth-order valence-electron chi connectivity index (χ4n) is 6.28. The number of nitrogens with two attached hydrogens (primary N) is 2. The Balaban J connectivity index is 1.55. The Labute approximate surface area is 207 Å². The predicted octanol–water partition coefficient (Wildman–Crippen LogP) is 4.48. The highest BCUT2D eigenvalue weighted by Gasteiger charge is 2.43. The SMILES string of the molecule is C/C(C1=C(O)/C(=C(/C)C2Nc3ccccc3C2CCN)C1=O)=C1\C(CCN)c2ccccc2N1C. The van der Waals surface area contributed by atoms with Crippen LogP contribution in [-0.2, 0) is 4.79 Å². The van der Waals surface area contributed by atoms with Gasteiger partial charge in [0.1, 0.15) is 5.76 Å². The molecule has 35 heavy (non-hydrogen) atoms. The lowest BCUT2D eigenvalue weighted by molar-refractivity contribution is -0.113. The van der Waals surface area contributed by atoms with Crippen LogP contribution < -0.4 is 21.7 Å². The van der Waals surface area contributed by atoms with Crippen LogP contribution in [0.1, 0.15) is 49.7 Å². The van der Waals surface area contributed by atoms with E-state index in [2.05, 4.69) is 34.5 Å². The van der Waals surface area contributed by atoms with Gasteiger partial charge in [-0.1, -0.05) is 36.4 Å². The third-order valence-corrected chi connectivity index (χ3v) is 7.92. The van der Waals surface area contributed by atoms with Gasteiger partial charge in [-0.25, -0.2) is 0 Å². The standard InChI is InChI=1S/C29H34N4O2/c1-16(26-20(12-14-30)18-8-4-6-10-22(18)32-26)24-28(34)25(29(24)35)17(2)27-21(13-15-31)19-9-5-7-11-23(19)33(27)3/h4-11,20-21,26,32,34H,12-15,30-31H2,1-3H3/b24-16+,27-17-. The number of rotatable bonds is 6. The first-order chi connectivity index (χ1) is 16.9. The second-order valence-electron chi connectivity index (χ2n) is 9.76. The van der Waals surface area contributed by atoms with Crippen LogP contribution >= 0.6 is 0 Å². The van der Waals surface area contributed by atoms with Crippen LogP contribution in [0.3, 0.4) is 0 Å². The molecule has 0 saturated heterocycles. The van der Waals surface area contributed by atoms with E-state index in [1.54, 1.807) is 0 Å². The Kier molecular flexibility index (Phi) is 6.03. The molecule has 2 aliphatic heterocycles. The average molecular weight is 471 g/mol. The van der Waals surface area contributed by atoms with Crippen LogP contribution in [0.25, 0.3) is 0 Å². The van der Waals surface area contributed by atoms with Crippen molar-refractivity contribution in [1.82, 2.24) is 0 Å². The number of fused-ring (bicyclic) bond motifs is 2. The Morgan fingerprint density at radius 1 is 1.00 bits per heavy atom. The van der Waals surface area contributed by atoms with Crippen molar-refractivity contribution in [2.24, 2.45) is 11.5 Å². The number of para-hydroxylation sites is 2. The molecule has 0 amide bonds. The van der Waals surface area contributed by atoms with Gasteiger partial charge in [-0.15, -0.1) is 0 Å². The average Bonchev–Trinajstić information content (AvgIpc) is 3.35. The van der Waals surface area contributed by atoms with E-state index < -0.39 is 0 Å². The van der Waals surface area contributed by atoms with E-state index in [0.717, 1.165) is 41.1 Å². The molecule has 0 aromatic heterocycles. The molecule has 0 bridgehead atoms. The van der Waals surface area contributed by atoms with Crippen LogP contribution in [0, 0.1) is 0 Å². The maximum Gasteiger partial charge on any atom is 0.200 e. The first-order valence-corrected chi connectivity index (χ1v) is 12.4. The van der Waals surface area contributed by atoms with Gasteiger partial charge in [-0.3, -0.25) is 4.79 Å². The number of nitrogens with one attached hydrogen (secondary N) is 1. The molecule has 0 radical (unpaired) electrons. The molecule has 2 heterocycles. The molecule has 3 aliphatic rings. The molecule has 0 fully saturated rings. The number of hydrogen-bond donors (Lipinski definition) is 4. The minimum atomic E-state index is -0.0925. The minimum Gasteiger partial charge on any atom is -0.506 e. The van der Waals surface area contributed by atoms with Crippen molar-refractivity contribution in [2.75, 3.05) is 30.4 Å². The molecular formula is C29H34N4O2. The quantitative estimate of drug-likeness (QED) is 0.464. The molecule has 6 nitrogen and oxygen atoms in total. The van der Waals surface area contributed by atoms with Crippen LogP contribution in [-0.4, -0.2) is 37.1 Å². The van der Waals surface area contributed by atoms with Gasteiger partial charge in [0, 0.05) is 36.0 Å². The van der Waals surface area contributed by atoms with Crippen molar-refractivity contribution in [3.05, 3.63) is 93.4 Å². The van der Waals surface area contributed by atoms with E-state index in [-0.39, 0.29) is 29.4 Å². The molecule has 6 heteroatoms. The maximum atomic E-state index is 13.5. The highest BCUT2D eigenvalue weighted by Crippen LogP contribution is 2.49. The predicted molar refractivity (Wildman–Crippen MR) is 142 cm³/mol. The molecule has 2 aromatic rings. The second-order valence-corrected chi connectivity index (χ2v) is 9.76. The molecule has 3 unspecified atom stereocenters. The van der Waals surface area contributed by atoms with Gasteiger partial charge in [0.05, 0.1) is 17.2 Å². The number of anilines is 2. The van der Waals surface area contributed by atoms with Crippen molar-refractivity contribution in [2.45, 2.75) is 44.6 Å². The topological polar surface area (TPSA) is 105 Å². The Morgan fingerprint density at radius 3 is 2.34 bits per heavy atom. The molecule has 6 N–H and O–H groups in total. The number of aliphatic hydroxyl groups is 1. The number of ketones is 1. The summed E-state index contributed by atoms with van der Waals surface area (Å²) in [7, 11) is 2.02. The zero-order valence-electron chi connectivity index (χ0n) is 20.6. The monoisotopic (exact) mass is 470 g/mol. The molecule has 1 aliphatic carbocycles. The smallest absolute Gasteiger partial charge is 0.200 e. The molecular weight excluding hydrogens is 436 g/mol. The Bertz CT molecular complexity index is 1290. The Hall–Kier alpha value is -3.35. The molecule has 0 saturated carbocycles. The summed E-state index contributed by atoms with van der Waals surface area (Å²) in [5, 5.41) is 14.8. The van der Waals surface area contributed by atoms with E-state index in [0.29, 0.717) is 24.2 Å². The molecule has 3 atom stereocenters. The Morgan fingerprint density at radius 2 is 1.66 bits per heavy atom. The van der Waals surface area contributed by atoms with E-state index in [1.165, 1.54) is 11.1 Å². The fourth-order valence-corrected chi connectivity index (χ4v) is 6.28. The molecule has 182 valence electrons. The number of carbonyl (C=O) groups is 1. The fraction of sp³-hybridized carbons (Fsp3) is 0.345. The molecule has 2 aromatic carbocycles. The summed E-state index contributed by atoms with van der Waals surface area (Å²) in [5.41, 5.74) is 20.1. The van der Waals surface area contributed by atoms with Gasteiger partial charge in [0.2, 0.25) is 5.78 Å². The lowest BCUT2D eigenvalue weighted by Gasteiger charge is -2.31.